The lowest BCUT2D eigenvalue weighted by Crippen LogP contribution is -3.06. The summed E-state index contributed by atoms with van der Waals surface area (Å²) in [5.41, 5.74) is 1.08. The highest BCUT2D eigenvalue weighted by atomic mass is 32.2. The minimum absolute atomic E-state index is 0.108. The SMILES string of the molecule is C[NH+](C)CCSc1nc([O-])c(-c2ccccc2)c(=O)n1-c1ccccc1. The Morgan fingerprint density at radius 1 is 1.04 bits per heavy atom. The topological polar surface area (TPSA) is 62.4 Å². The predicted molar refractivity (Wildman–Crippen MR) is 103 cm³/mol. The fourth-order valence-electron chi connectivity index (χ4n) is 2.58. The number of hydrogen-bond donors (Lipinski definition) is 1. The molecular weight excluding hydrogens is 346 g/mol. The van der Waals surface area contributed by atoms with Gasteiger partial charge in [-0.3, -0.25) is 9.36 Å². The van der Waals surface area contributed by atoms with E-state index in [0.29, 0.717) is 16.4 Å². The maximum absolute atomic E-state index is 13.2. The summed E-state index contributed by atoms with van der Waals surface area (Å²) in [4.78, 5) is 18.8. The zero-order chi connectivity index (χ0) is 18.5. The van der Waals surface area contributed by atoms with Gasteiger partial charge in [0.1, 0.15) is 0 Å². The second-order valence-corrected chi connectivity index (χ2v) is 7.28. The summed E-state index contributed by atoms with van der Waals surface area (Å²) in [7, 11) is 4.13. The highest BCUT2D eigenvalue weighted by molar-refractivity contribution is 7.99. The lowest BCUT2D eigenvalue weighted by Gasteiger charge is -2.19. The number of thioether (sulfide) groups is 1. The van der Waals surface area contributed by atoms with Crippen LogP contribution in [0.3, 0.4) is 0 Å². The first-order valence-electron chi connectivity index (χ1n) is 8.44. The molecule has 5 nitrogen and oxygen atoms in total. The van der Waals surface area contributed by atoms with Crippen molar-refractivity contribution in [2.45, 2.75) is 5.16 Å². The molecule has 0 aliphatic rings. The fraction of sp³-hybridized carbons (Fsp3) is 0.200. The van der Waals surface area contributed by atoms with E-state index in [-0.39, 0.29) is 11.1 Å². The summed E-state index contributed by atoms with van der Waals surface area (Å²) in [5.74, 6) is 0.291. The van der Waals surface area contributed by atoms with Crippen LogP contribution in [0.15, 0.2) is 70.6 Å². The minimum atomic E-state index is -0.479. The van der Waals surface area contributed by atoms with Gasteiger partial charge in [-0.15, -0.1) is 0 Å². The molecule has 26 heavy (non-hydrogen) atoms. The van der Waals surface area contributed by atoms with Gasteiger partial charge in [0.2, 0.25) is 0 Å². The van der Waals surface area contributed by atoms with E-state index in [1.807, 2.05) is 48.5 Å². The minimum Gasteiger partial charge on any atom is -0.858 e. The molecule has 1 heterocycles. The smallest absolute Gasteiger partial charge is 0.265 e. The lowest BCUT2D eigenvalue weighted by atomic mass is 10.1. The quantitative estimate of drug-likeness (QED) is 0.525. The van der Waals surface area contributed by atoms with Crippen molar-refractivity contribution in [3.8, 4) is 22.7 Å². The zero-order valence-corrected chi connectivity index (χ0v) is 15.6. The summed E-state index contributed by atoms with van der Waals surface area (Å²) >= 11 is 1.43. The van der Waals surface area contributed by atoms with Gasteiger partial charge in [-0.05, 0) is 17.7 Å². The van der Waals surface area contributed by atoms with E-state index in [4.69, 9.17) is 0 Å². The van der Waals surface area contributed by atoms with Crippen LogP contribution in [-0.2, 0) is 0 Å². The predicted octanol–water partition coefficient (Wildman–Crippen LogP) is 1.21. The third-order valence-electron chi connectivity index (χ3n) is 3.93. The average molecular weight is 367 g/mol. The summed E-state index contributed by atoms with van der Waals surface area (Å²) in [5, 5.41) is 13.0. The molecule has 1 N–H and O–H groups in total. The third kappa shape index (κ3) is 3.98. The van der Waals surface area contributed by atoms with E-state index in [1.165, 1.54) is 16.7 Å². The molecule has 0 aliphatic carbocycles. The van der Waals surface area contributed by atoms with Crippen molar-refractivity contribution in [1.82, 2.24) is 9.55 Å². The molecule has 134 valence electrons. The molecule has 0 amide bonds. The third-order valence-corrected chi connectivity index (χ3v) is 4.87. The van der Waals surface area contributed by atoms with E-state index in [2.05, 4.69) is 19.1 Å². The molecular formula is C20H21N3O2S. The van der Waals surface area contributed by atoms with Crippen molar-refractivity contribution >= 4 is 11.8 Å². The maximum Gasteiger partial charge on any atom is 0.265 e. The van der Waals surface area contributed by atoms with Gasteiger partial charge in [-0.2, -0.15) is 0 Å². The van der Waals surface area contributed by atoms with Gasteiger partial charge in [0.05, 0.1) is 37.6 Å². The summed E-state index contributed by atoms with van der Waals surface area (Å²) in [6.45, 7) is 0.907. The van der Waals surface area contributed by atoms with Gasteiger partial charge >= 0.3 is 0 Å². The molecule has 3 aromatic rings. The number of nitrogens with zero attached hydrogens (tertiary/aromatic N) is 2. The van der Waals surface area contributed by atoms with Crippen LogP contribution in [0.1, 0.15) is 0 Å². The number of benzene rings is 2. The molecule has 1 aromatic heterocycles. The molecule has 0 fully saturated rings. The Hall–Kier alpha value is -2.57. The molecule has 0 saturated heterocycles. The Morgan fingerprint density at radius 2 is 1.65 bits per heavy atom. The van der Waals surface area contributed by atoms with Crippen molar-refractivity contribution < 1.29 is 10.0 Å². The first-order valence-corrected chi connectivity index (χ1v) is 9.43. The van der Waals surface area contributed by atoms with Gasteiger partial charge in [0.25, 0.3) is 5.56 Å². The van der Waals surface area contributed by atoms with Crippen LogP contribution in [0, 0.1) is 0 Å². The fourth-order valence-corrected chi connectivity index (χ4v) is 3.74. The number of quaternary nitrogens is 1. The number of hydrogen-bond acceptors (Lipinski definition) is 4. The van der Waals surface area contributed by atoms with E-state index in [0.717, 1.165) is 12.3 Å². The van der Waals surface area contributed by atoms with Gasteiger partial charge in [0.15, 0.2) is 5.16 Å². The van der Waals surface area contributed by atoms with E-state index >= 15 is 0 Å². The molecule has 0 bridgehead atoms. The standard InChI is InChI=1S/C20H21N3O2S/c1-22(2)13-14-26-20-21-18(24)17(15-9-5-3-6-10-15)19(25)23(20)16-11-7-4-8-12-16/h3-12,24H,13-14H2,1-2H3. The summed E-state index contributed by atoms with van der Waals surface area (Å²) in [6.07, 6.45) is 0. The lowest BCUT2D eigenvalue weighted by molar-refractivity contribution is -0.855. The second kappa shape index (κ2) is 8.21. The van der Waals surface area contributed by atoms with Crippen molar-refractivity contribution in [2.24, 2.45) is 0 Å². The number of aromatic nitrogens is 2. The van der Waals surface area contributed by atoms with Crippen molar-refractivity contribution in [3.05, 3.63) is 71.0 Å². The molecule has 3 rings (SSSR count). The summed E-state index contributed by atoms with van der Waals surface area (Å²) in [6, 6.07) is 18.3. The monoisotopic (exact) mass is 367 g/mol. The molecule has 0 aliphatic heterocycles. The Balaban J connectivity index is 2.15. The highest BCUT2D eigenvalue weighted by Gasteiger charge is 2.15. The maximum atomic E-state index is 13.2. The van der Waals surface area contributed by atoms with E-state index in [9.17, 15) is 9.90 Å². The number of para-hydroxylation sites is 1. The highest BCUT2D eigenvalue weighted by Crippen LogP contribution is 2.26. The Kier molecular flexibility index (Phi) is 5.75. The molecule has 0 radical (unpaired) electrons. The van der Waals surface area contributed by atoms with Gasteiger partial charge in [-0.1, -0.05) is 60.3 Å². The van der Waals surface area contributed by atoms with Crippen LogP contribution >= 0.6 is 11.8 Å². The molecule has 0 saturated carbocycles. The Morgan fingerprint density at radius 3 is 2.27 bits per heavy atom. The van der Waals surface area contributed by atoms with Crippen LogP contribution < -0.4 is 15.6 Å². The van der Waals surface area contributed by atoms with E-state index < -0.39 is 5.88 Å². The van der Waals surface area contributed by atoms with Gasteiger partial charge in [0, 0.05) is 5.88 Å². The van der Waals surface area contributed by atoms with Crippen LogP contribution in [0.5, 0.6) is 5.88 Å². The van der Waals surface area contributed by atoms with Crippen LogP contribution in [0.2, 0.25) is 0 Å². The molecule has 0 spiro atoms. The molecule has 2 aromatic carbocycles. The molecule has 0 atom stereocenters. The molecule has 6 heteroatoms. The average Bonchev–Trinajstić information content (AvgIpc) is 2.63. The Labute approximate surface area is 156 Å². The summed E-state index contributed by atoms with van der Waals surface area (Å²) < 4.78 is 1.54. The molecule has 0 unspecified atom stereocenters. The zero-order valence-electron chi connectivity index (χ0n) is 14.8. The normalized spacial score (nSPS) is 11.0. The van der Waals surface area contributed by atoms with E-state index in [1.54, 1.807) is 16.7 Å². The van der Waals surface area contributed by atoms with Gasteiger partial charge < -0.3 is 10.0 Å². The van der Waals surface area contributed by atoms with Crippen molar-refractivity contribution in [1.29, 1.82) is 0 Å². The van der Waals surface area contributed by atoms with Gasteiger partial charge in [-0.25, -0.2) is 4.98 Å². The van der Waals surface area contributed by atoms with Crippen molar-refractivity contribution in [3.63, 3.8) is 0 Å². The Bertz CT molecular complexity index is 925. The second-order valence-electron chi connectivity index (χ2n) is 6.22. The van der Waals surface area contributed by atoms with Crippen LogP contribution in [0.4, 0.5) is 0 Å². The largest absolute Gasteiger partial charge is 0.858 e. The first-order chi connectivity index (χ1) is 12.6. The number of nitrogens with one attached hydrogen (secondary N) is 1. The van der Waals surface area contributed by atoms with Crippen LogP contribution in [-0.4, -0.2) is 35.9 Å². The van der Waals surface area contributed by atoms with Crippen molar-refractivity contribution in [2.75, 3.05) is 26.4 Å². The first kappa shape index (κ1) is 18.2. The van der Waals surface area contributed by atoms with Crippen LogP contribution in [0.25, 0.3) is 16.8 Å². The number of rotatable bonds is 6.